The zero-order chi connectivity index (χ0) is 22.2. The van der Waals surface area contributed by atoms with E-state index < -0.39 is 21.6 Å². The van der Waals surface area contributed by atoms with Gasteiger partial charge < -0.3 is 19.5 Å². The van der Waals surface area contributed by atoms with Gasteiger partial charge in [0.15, 0.2) is 15.6 Å². The summed E-state index contributed by atoms with van der Waals surface area (Å²) in [6.07, 6.45) is 2.80. The van der Waals surface area contributed by atoms with Crippen molar-refractivity contribution in [2.75, 3.05) is 20.0 Å². The van der Waals surface area contributed by atoms with Gasteiger partial charge >= 0.3 is 5.97 Å². The number of carbonyl (C=O) groups excluding carboxylic acids is 1. The fourth-order valence-electron chi connectivity index (χ4n) is 3.49. The van der Waals surface area contributed by atoms with E-state index in [1.54, 1.807) is 42.5 Å². The molecule has 0 aliphatic carbocycles. The molecular weight excluding hydrogens is 424 g/mol. The highest BCUT2D eigenvalue weighted by atomic mass is 32.2. The monoisotopic (exact) mass is 444 g/mol. The third-order valence-electron chi connectivity index (χ3n) is 5.10. The average molecular weight is 444 g/mol. The summed E-state index contributed by atoms with van der Waals surface area (Å²) in [5.41, 5.74) is 1.33. The minimum absolute atomic E-state index is 0.0722. The van der Waals surface area contributed by atoms with E-state index in [0.717, 1.165) is 6.26 Å². The van der Waals surface area contributed by atoms with E-state index in [1.807, 2.05) is 0 Å². The maximum Gasteiger partial charge on any atom is 0.345 e. The highest BCUT2D eigenvalue weighted by Crippen LogP contribution is 2.44. The Balaban J connectivity index is 1.79. The van der Waals surface area contributed by atoms with E-state index >= 15 is 0 Å². The molecule has 0 bridgehead atoms. The molecule has 0 saturated heterocycles. The minimum Gasteiger partial charge on any atom is -0.497 e. The van der Waals surface area contributed by atoms with Crippen LogP contribution in [-0.2, 0) is 41.4 Å². The van der Waals surface area contributed by atoms with Crippen molar-refractivity contribution >= 4 is 15.8 Å². The lowest BCUT2D eigenvalue weighted by molar-refractivity contribution is -0.231. The van der Waals surface area contributed by atoms with Crippen molar-refractivity contribution < 1.29 is 37.6 Å². The Bertz CT molecular complexity index is 1180. The third kappa shape index (κ3) is 3.95. The van der Waals surface area contributed by atoms with Crippen molar-refractivity contribution in [3.05, 3.63) is 82.6 Å². The van der Waals surface area contributed by atoms with Gasteiger partial charge in [0, 0.05) is 23.8 Å². The van der Waals surface area contributed by atoms with Crippen LogP contribution in [0.25, 0.3) is 0 Å². The fraction of sp³-hybridized carbons (Fsp3) is 0.227. The van der Waals surface area contributed by atoms with Gasteiger partial charge in [-0.2, -0.15) is 4.89 Å². The standard InChI is InChI=1S/C22H20O8S/c1-27-16-7-5-15(6-8-16)22(24)18(20(21(23)29-22)19-11-12-28-30-19)13-14-3-9-17(10-4-14)31(2,25)26/h3-11,24H,12-13H2,1-2H3. The van der Waals surface area contributed by atoms with Crippen LogP contribution in [0.15, 0.2) is 76.4 Å². The van der Waals surface area contributed by atoms with Crippen LogP contribution < -0.4 is 4.74 Å². The Morgan fingerprint density at radius 1 is 1.10 bits per heavy atom. The zero-order valence-electron chi connectivity index (χ0n) is 16.8. The molecule has 31 heavy (non-hydrogen) atoms. The Morgan fingerprint density at radius 3 is 2.32 bits per heavy atom. The van der Waals surface area contributed by atoms with Gasteiger partial charge in [0.2, 0.25) is 0 Å². The number of rotatable bonds is 6. The first-order valence-electron chi connectivity index (χ1n) is 9.35. The molecule has 162 valence electrons. The first kappa shape index (κ1) is 21.1. The lowest BCUT2D eigenvalue weighted by atomic mass is 9.89. The van der Waals surface area contributed by atoms with Crippen LogP contribution in [0.3, 0.4) is 0 Å². The summed E-state index contributed by atoms with van der Waals surface area (Å²) in [6.45, 7) is 0.156. The van der Waals surface area contributed by atoms with Crippen molar-refractivity contribution in [2.24, 2.45) is 0 Å². The molecule has 9 heteroatoms. The predicted octanol–water partition coefficient (Wildman–Crippen LogP) is 2.19. The highest BCUT2D eigenvalue weighted by Gasteiger charge is 2.49. The van der Waals surface area contributed by atoms with Gasteiger partial charge in [-0.1, -0.05) is 12.1 Å². The lowest BCUT2D eigenvalue weighted by Crippen LogP contribution is -2.29. The van der Waals surface area contributed by atoms with Crippen LogP contribution in [-0.4, -0.2) is 39.5 Å². The number of aliphatic hydroxyl groups is 1. The van der Waals surface area contributed by atoms with Crippen molar-refractivity contribution in [3.63, 3.8) is 0 Å². The van der Waals surface area contributed by atoms with Crippen LogP contribution in [0.5, 0.6) is 5.75 Å². The van der Waals surface area contributed by atoms with Crippen LogP contribution >= 0.6 is 0 Å². The summed E-state index contributed by atoms with van der Waals surface area (Å²) in [5, 5.41) is 11.5. The molecule has 4 rings (SSSR count). The second-order valence-corrected chi connectivity index (χ2v) is 9.16. The van der Waals surface area contributed by atoms with Crippen molar-refractivity contribution in [1.29, 1.82) is 0 Å². The van der Waals surface area contributed by atoms with E-state index in [4.69, 9.17) is 19.2 Å². The second kappa shape index (κ2) is 7.84. The number of hydrogen-bond acceptors (Lipinski definition) is 8. The van der Waals surface area contributed by atoms with Crippen molar-refractivity contribution in [1.82, 2.24) is 0 Å². The summed E-state index contributed by atoms with van der Waals surface area (Å²) in [6, 6.07) is 12.7. The van der Waals surface area contributed by atoms with Crippen LogP contribution in [0.1, 0.15) is 11.1 Å². The Labute approximate surface area is 179 Å². The molecular formula is C22H20O8S. The maximum atomic E-state index is 12.7. The number of carbonyl (C=O) groups is 1. The average Bonchev–Trinajstić information content (AvgIpc) is 3.35. The Kier molecular flexibility index (Phi) is 5.34. The number of sulfone groups is 1. The molecule has 2 aliphatic rings. The normalized spacial score (nSPS) is 21.0. The maximum absolute atomic E-state index is 12.7. The number of esters is 1. The molecule has 0 radical (unpaired) electrons. The van der Waals surface area contributed by atoms with Crippen molar-refractivity contribution in [2.45, 2.75) is 17.1 Å². The van der Waals surface area contributed by atoms with Gasteiger partial charge in [0.05, 0.1) is 12.0 Å². The molecule has 1 unspecified atom stereocenters. The van der Waals surface area contributed by atoms with E-state index in [-0.39, 0.29) is 34.8 Å². The molecule has 1 N–H and O–H groups in total. The van der Waals surface area contributed by atoms with E-state index in [2.05, 4.69) is 0 Å². The number of methoxy groups -OCH3 is 1. The number of benzene rings is 2. The summed E-state index contributed by atoms with van der Waals surface area (Å²) >= 11 is 0. The molecule has 0 amide bonds. The Hall–Kier alpha value is -3.14. The molecule has 2 heterocycles. The van der Waals surface area contributed by atoms with Gasteiger partial charge in [0.1, 0.15) is 17.9 Å². The quantitative estimate of drug-likeness (QED) is 0.534. The van der Waals surface area contributed by atoms with Crippen LogP contribution in [0, 0.1) is 0 Å². The van der Waals surface area contributed by atoms with Gasteiger partial charge in [-0.25, -0.2) is 13.2 Å². The number of cyclic esters (lactones) is 1. The predicted molar refractivity (Wildman–Crippen MR) is 108 cm³/mol. The van der Waals surface area contributed by atoms with Gasteiger partial charge in [-0.05, 0) is 48.0 Å². The molecule has 0 aromatic heterocycles. The summed E-state index contributed by atoms with van der Waals surface area (Å²) in [5.74, 6) is -2.05. The fourth-order valence-corrected chi connectivity index (χ4v) is 4.12. The molecule has 2 aromatic carbocycles. The molecule has 2 aliphatic heterocycles. The van der Waals surface area contributed by atoms with Gasteiger partial charge in [0.25, 0.3) is 5.79 Å². The van der Waals surface area contributed by atoms with Crippen LogP contribution in [0.4, 0.5) is 0 Å². The van der Waals surface area contributed by atoms with E-state index in [9.17, 15) is 18.3 Å². The third-order valence-corrected chi connectivity index (χ3v) is 6.23. The minimum atomic E-state index is -3.35. The molecule has 0 spiro atoms. The largest absolute Gasteiger partial charge is 0.497 e. The molecule has 0 fully saturated rings. The van der Waals surface area contributed by atoms with Crippen LogP contribution in [0.2, 0.25) is 0 Å². The first-order valence-corrected chi connectivity index (χ1v) is 11.2. The topological polar surface area (TPSA) is 108 Å². The smallest absolute Gasteiger partial charge is 0.345 e. The summed E-state index contributed by atoms with van der Waals surface area (Å²) < 4.78 is 34.1. The van der Waals surface area contributed by atoms with Gasteiger partial charge in [-0.15, -0.1) is 0 Å². The molecule has 1 atom stereocenters. The summed E-state index contributed by atoms with van der Waals surface area (Å²) in [7, 11) is -1.83. The van der Waals surface area contributed by atoms with Gasteiger partial charge in [-0.3, -0.25) is 0 Å². The molecule has 0 saturated carbocycles. The van der Waals surface area contributed by atoms with E-state index in [0.29, 0.717) is 16.9 Å². The molecule has 8 nitrogen and oxygen atoms in total. The summed E-state index contributed by atoms with van der Waals surface area (Å²) in [4.78, 5) is 22.9. The van der Waals surface area contributed by atoms with E-state index in [1.165, 1.54) is 19.2 Å². The highest BCUT2D eigenvalue weighted by molar-refractivity contribution is 7.90. The second-order valence-electron chi connectivity index (χ2n) is 7.14. The van der Waals surface area contributed by atoms with Crippen molar-refractivity contribution in [3.8, 4) is 5.75 Å². The number of hydrogen-bond donors (Lipinski definition) is 1. The first-order chi connectivity index (χ1) is 14.7. The SMILES string of the molecule is COc1ccc(C2(O)OC(=O)C(C3=CCOO3)=C2Cc2ccc(S(C)(=O)=O)cc2)cc1. The number of ether oxygens (including phenoxy) is 2. The Morgan fingerprint density at radius 2 is 1.77 bits per heavy atom. The molecule has 2 aromatic rings. The zero-order valence-corrected chi connectivity index (χ0v) is 17.6. The lowest BCUT2D eigenvalue weighted by Gasteiger charge is -2.26.